The van der Waals surface area contributed by atoms with Crippen molar-refractivity contribution in [1.82, 2.24) is 4.31 Å². The first kappa shape index (κ1) is 22.9. The Morgan fingerprint density at radius 1 is 1.06 bits per heavy atom. The van der Waals surface area contributed by atoms with E-state index in [1.54, 1.807) is 30.3 Å². The Morgan fingerprint density at radius 3 is 2.42 bits per heavy atom. The van der Waals surface area contributed by atoms with Gasteiger partial charge in [0.2, 0.25) is 21.8 Å². The maximum absolute atomic E-state index is 13.2. The number of ether oxygens (including phenoxy) is 1. The standard InChI is InChI=1S/C23H25N3O6S/c1-15(27)26-20-10-9-17(33(30,31)25-11-5-6-12-25)13-16(20)14-21(26)22(28)24-19-8-4-3-7-18(19)23(29)32-2/h3-4,7-10,13,21H,5-6,11-12,14H2,1-2H3,(H,24,28)/t21-/m0/s1. The lowest BCUT2D eigenvalue weighted by Crippen LogP contribution is -2.44. The number of carbonyl (C=O) groups excluding carboxylic acids is 3. The number of sulfonamides is 1. The van der Waals surface area contributed by atoms with Gasteiger partial charge in [-0.25, -0.2) is 13.2 Å². The molecular formula is C23H25N3O6S. The van der Waals surface area contributed by atoms with Gasteiger partial charge in [-0.2, -0.15) is 4.31 Å². The van der Waals surface area contributed by atoms with Crippen LogP contribution in [-0.2, 0) is 30.8 Å². The maximum Gasteiger partial charge on any atom is 0.339 e. The highest BCUT2D eigenvalue weighted by atomic mass is 32.2. The second-order valence-corrected chi connectivity index (χ2v) is 9.98. The lowest BCUT2D eigenvalue weighted by Gasteiger charge is -2.24. The van der Waals surface area contributed by atoms with E-state index in [2.05, 4.69) is 5.32 Å². The van der Waals surface area contributed by atoms with Gasteiger partial charge < -0.3 is 10.1 Å². The van der Waals surface area contributed by atoms with Gasteiger partial charge in [0.15, 0.2) is 0 Å². The van der Waals surface area contributed by atoms with Crippen LogP contribution in [0, 0.1) is 0 Å². The minimum atomic E-state index is -3.62. The quantitative estimate of drug-likeness (QED) is 0.669. The summed E-state index contributed by atoms with van der Waals surface area (Å²) in [5.74, 6) is -1.42. The fraction of sp³-hybridized carbons (Fsp3) is 0.348. The number of benzene rings is 2. The molecule has 0 radical (unpaired) electrons. The van der Waals surface area contributed by atoms with Crippen molar-refractivity contribution in [1.29, 1.82) is 0 Å². The van der Waals surface area contributed by atoms with Gasteiger partial charge >= 0.3 is 5.97 Å². The number of hydrogen-bond donors (Lipinski definition) is 1. The third-order valence-corrected chi connectivity index (χ3v) is 7.87. The van der Waals surface area contributed by atoms with Crippen LogP contribution in [0.2, 0.25) is 0 Å². The van der Waals surface area contributed by atoms with Crippen molar-refractivity contribution in [2.24, 2.45) is 0 Å². The predicted molar refractivity (Wildman–Crippen MR) is 121 cm³/mol. The number of hydrogen-bond acceptors (Lipinski definition) is 6. The molecule has 9 nitrogen and oxygen atoms in total. The van der Waals surface area contributed by atoms with E-state index < -0.39 is 27.9 Å². The zero-order valence-electron chi connectivity index (χ0n) is 18.4. The second kappa shape index (κ2) is 8.95. The number of methoxy groups -OCH3 is 1. The number of nitrogens with one attached hydrogen (secondary N) is 1. The number of anilines is 2. The third-order valence-electron chi connectivity index (χ3n) is 5.97. The molecule has 10 heteroatoms. The van der Waals surface area contributed by atoms with Crippen molar-refractivity contribution < 1.29 is 27.5 Å². The number of carbonyl (C=O) groups is 3. The van der Waals surface area contributed by atoms with E-state index in [9.17, 15) is 22.8 Å². The summed E-state index contributed by atoms with van der Waals surface area (Å²) in [6.07, 6.45) is 1.82. The molecule has 2 heterocycles. The van der Waals surface area contributed by atoms with Crippen LogP contribution in [0.25, 0.3) is 0 Å². The predicted octanol–water partition coefficient (Wildman–Crippen LogP) is 2.17. The highest BCUT2D eigenvalue weighted by molar-refractivity contribution is 7.89. The lowest BCUT2D eigenvalue weighted by atomic mass is 10.1. The largest absolute Gasteiger partial charge is 0.465 e. The molecule has 1 N–H and O–H groups in total. The summed E-state index contributed by atoms with van der Waals surface area (Å²) in [4.78, 5) is 39.1. The van der Waals surface area contributed by atoms with Crippen LogP contribution in [0.15, 0.2) is 47.4 Å². The molecule has 1 fully saturated rings. The molecule has 0 bridgehead atoms. The van der Waals surface area contributed by atoms with Crippen molar-refractivity contribution in [3.05, 3.63) is 53.6 Å². The summed E-state index contributed by atoms with van der Waals surface area (Å²) in [6, 6.07) is 10.2. The van der Waals surface area contributed by atoms with Gasteiger partial charge in [0.25, 0.3) is 0 Å². The maximum atomic E-state index is 13.2. The number of amides is 2. The first-order chi connectivity index (χ1) is 15.7. The highest BCUT2D eigenvalue weighted by Gasteiger charge is 2.38. The average molecular weight is 472 g/mol. The van der Waals surface area contributed by atoms with Gasteiger partial charge in [-0.05, 0) is 48.7 Å². The molecule has 2 aliphatic rings. The molecule has 174 valence electrons. The van der Waals surface area contributed by atoms with E-state index >= 15 is 0 Å². The van der Waals surface area contributed by atoms with Crippen LogP contribution >= 0.6 is 0 Å². The van der Waals surface area contributed by atoms with Crippen molar-refractivity contribution in [2.75, 3.05) is 30.4 Å². The van der Waals surface area contributed by atoms with Gasteiger partial charge in [-0.15, -0.1) is 0 Å². The van der Waals surface area contributed by atoms with Crippen LogP contribution in [0.4, 0.5) is 11.4 Å². The van der Waals surface area contributed by atoms with Gasteiger partial charge in [-0.1, -0.05) is 12.1 Å². The zero-order valence-corrected chi connectivity index (χ0v) is 19.2. The van der Waals surface area contributed by atoms with E-state index in [1.807, 2.05) is 0 Å². The first-order valence-corrected chi connectivity index (χ1v) is 12.1. The molecule has 0 spiro atoms. The Balaban J connectivity index is 1.63. The fourth-order valence-corrected chi connectivity index (χ4v) is 5.93. The van der Waals surface area contributed by atoms with E-state index in [4.69, 9.17) is 4.74 Å². The molecule has 1 atom stereocenters. The van der Waals surface area contributed by atoms with Gasteiger partial charge in [0.1, 0.15) is 6.04 Å². The van der Waals surface area contributed by atoms with Gasteiger partial charge in [0.05, 0.1) is 23.3 Å². The molecule has 2 aliphatic heterocycles. The van der Waals surface area contributed by atoms with Crippen molar-refractivity contribution in [2.45, 2.75) is 37.1 Å². The van der Waals surface area contributed by atoms with E-state index in [-0.39, 0.29) is 28.5 Å². The molecule has 1 saturated heterocycles. The molecule has 0 aliphatic carbocycles. The number of esters is 1. The first-order valence-electron chi connectivity index (χ1n) is 10.6. The Morgan fingerprint density at radius 2 is 1.76 bits per heavy atom. The average Bonchev–Trinajstić information content (AvgIpc) is 3.47. The molecular weight excluding hydrogens is 446 g/mol. The molecule has 0 aromatic heterocycles. The van der Waals surface area contributed by atoms with Gasteiger partial charge in [-0.3, -0.25) is 14.5 Å². The molecule has 2 aromatic carbocycles. The van der Waals surface area contributed by atoms with E-state index in [1.165, 1.54) is 35.4 Å². The van der Waals surface area contributed by atoms with Crippen LogP contribution in [-0.4, -0.2) is 56.7 Å². The Kier molecular flexibility index (Phi) is 6.22. The monoisotopic (exact) mass is 471 g/mol. The molecule has 0 saturated carbocycles. The molecule has 2 amide bonds. The van der Waals surface area contributed by atoms with Crippen LogP contribution in [0.1, 0.15) is 35.7 Å². The number of rotatable bonds is 5. The summed E-state index contributed by atoms with van der Waals surface area (Å²) in [5.41, 5.74) is 1.57. The minimum Gasteiger partial charge on any atom is -0.465 e. The normalized spacial score (nSPS) is 18.1. The summed E-state index contributed by atoms with van der Waals surface area (Å²) in [6.45, 7) is 2.33. The van der Waals surface area contributed by atoms with Crippen LogP contribution in [0.3, 0.4) is 0 Å². The van der Waals surface area contributed by atoms with E-state index in [0.717, 1.165) is 12.8 Å². The zero-order chi connectivity index (χ0) is 23.8. The second-order valence-electron chi connectivity index (χ2n) is 8.04. The minimum absolute atomic E-state index is 0.156. The highest BCUT2D eigenvalue weighted by Crippen LogP contribution is 2.36. The summed E-state index contributed by atoms with van der Waals surface area (Å²) >= 11 is 0. The number of fused-ring (bicyclic) bond motifs is 1. The molecule has 4 rings (SSSR count). The third kappa shape index (κ3) is 4.23. The molecule has 33 heavy (non-hydrogen) atoms. The summed E-state index contributed by atoms with van der Waals surface area (Å²) in [5, 5.41) is 2.72. The molecule has 2 aromatic rings. The van der Waals surface area contributed by atoms with E-state index in [0.29, 0.717) is 24.3 Å². The fourth-order valence-electron chi connectivity index (χ4n) is 4.36. The SMILES string of the molecule is COC(=O)c1ccccc1NC(=O)[C@@H]1Cc2cc(S(=O)(=O)N3CCCC3)ccc2N1C(C)=O. The van der Waals surface area contributed by atoms with Crippen molar-refractivity contribution >= 4 is 39.2 Å². The topological polar surface area (TPSA) is 113 Å². The number of para-hydroxylation sites is 1. The summed E-state index contributed by atoms with van der Waals surface area (Å²) in [7, 11) is -2.37. The Labute approximate surface area is 192 Å². The summed E-state index contributed by atoms with van der Waals surface area (Å²) < 4.78 is 32.1. The van der Waals surface area contributed by atoms with Crippen molar-refractivity contribution in [3.63, 3.8) is 0 Å². The van der Waals surface area contributed by atoms with Crippen LogP contribution in [0.5, 0.6) is 0 Å². The van der Waals surface area contributed by atoms with Crippen LogP contribution < -0.4 is 10.2 Å². The molecule has 0 unspecified atom stereocenters. The number of nitrogens with zero attached hydrogens (tertiary/aromatic N) is 2. The smallest absolute Gasteiger partial charge is 0.339 e. The Bertz CT molecular complexity index is 1220. The van der Waals surface area contributed by atoms with Crippen molar-refractivity contribution in [3.8, 4) is 0 Å². The lowest BCUT2D eigenvalue weighted by molar-refractivity contribution is -0.122. The Hall–Kier alpha value is -3.24. The van der Waals surface area contributed by atoms with Gasteiger partial charge in [0, 0.05) is 32.1 Å².